The van der Waals surface area contributed by atoms with Crippen molar-refractivity contribution in [3.63, 3.8) is 0 Å². The van der Waals surface area contributed by atoms with Gasteiger partial charge in [-0.2, -0.15) is 0 Å². The monoisotopic (exact) mass is 288 g/mol. The fourth-order valence-corrected chi connectivity index (χ4v) is 1.93. The minimum Gasteiger partial charge on any atom is -0.445 e. The second-order valence-corrected chi connectivity index (χ2v) is 4.39. The Labute approximate surface area is 118 Å². The normalized spacial score (nSPS) is 22.2. The van der Waals surface area contributed by atoms with E-state index < -0.39 is 12.3 Å². The van der Waals surface area contributed by atoms with E-state index in [0.717, 1.165) is 5.56 Å². The smallest absolute Gasteiger partial charge is 0.407 e. The molecule has 1 aromatic carbocycles. The van der Waals surface area contributed by atoms with E-state index in [1.807, 2.05) is 30.3 Å². The minimum absolute atomic E-state index is 0. The molecule has 6 heteroatoms. The maximum absolute atomic E-state index is 13.1. The SMILES string of the molecule is Cl.O=C(N[C@H]1CNC[C@@H](F)C1)OCc1ccccc1. The van der Waals surface area contributed by atoms with Crippen LogP contribution in [0.3, 0.4) is 0 Å². The number of piperidine rings is 1. The number of hydrogen-bond donors (Lipinski definition) is 2. The molecule has 0 radical (unpaired) electrons. The van der Waals surface area contributed by atoms with Crippen molar-refractivity contribution in [3.8, 4) is 0 Å². The van der Waals surface area contributed by atoms with Crippen molar-refractivity contribution in [2.45, 2.75) is 25.2 Å². The van der Waals surface area contributed by atoms with Crippen molar-refractivity contribution in [1.29, 1.82) is 0 Å². The minimum atomic E-state index is -0.904. The number of alkyl halides is 1. The van der Waals surface area contributed by atoms with Gasteiger partial charge < -0.3 is 15.4 Å². The summed E-state index contributed by atoms with van der Waals surface area (Å²) in [4.78, 5) is 11.5. The Morgan fingerprint density at radius 2 is 2.11 bits per heavy atom. The van der Waals surface area contributed by atoms with Crippen LogP contribution < -0.4 is 10.6 Å². The van der Waals surface area contributed by atoms with E-state index in [4.69, 9.17) is 4.74 Å². The summed E-state index contributed by atoms with van der Waals surface area (Å²) in [6.07, 6.45) is -1.06. The lowest BCUT2D eigenvalue weighted by Gasteiger charge is -2.26. The molecule has 1 aromatic rings. The van der Waals surface area contributed by atoms with Crippen molar-refractivity contribution < 1.29 is 13.9 Å². The molecule has 1 aliphatic heterocycles. The lowest BCUT2D eigenvalue weighted by Crippen LogP contribution is -2.49. The highest BCUT2D eigenvalue weighted by Gasteiger charge is 2.22. The zero-order valence-electron chi connectivity index (χ0n) is 10.5. The highest BCUT2D eigenvalue weighted by molar-refractivity contribution is 5.85. The Morgan fingerprint density at radius 1 is 1.37 bits per heavy atom. The van der Waals surface area contributed by atoms with Gasteiger partial charge in [-0.3, -0.25) is 0 Å². The van der Waals surface area contributed by atoms with E-state index >= 15 is 0 Å². The number of hydrogen-bond acceptors (Lipinski definition) is 3. The molecule has 2 N–H and O–H groups in total. The fourth-order valence-electron chi connectivity index (χ4n) is 1.93. The predicted octanol–water partition coefficient (Wildman–Crippen LogP) is 2.03. The highest BCUT2D eigenvalue weighted by atomic mass is 35.5. The van der Waals surface area contributed by atoms with Gasteiger partial charge in [-0.15, -0.1) is 12.4 Å². The Hall–Kier alpha value is -1.33. The first-order valence-electron chi connectivity index (χ1n) is 6.06. The second-order valence-electron chi connectivity index (χ2n) is 4.39. The molecule has 0 unspecified atom stereocenters. The third kappa shape index (κ3) is 5.44. The van der Waals surface area contributed by atoms with Crippen LogP contribution in [-0.2, 0) is 11.3 Å². The molecule has 1 heterocycles. The number of ether oxygens (including phenoxy) is 1. The summed E-state index contributed by atoms with van der Waals surface area (Å²) >= 11 is 0. The molecule has 1 aliphatic rings. The summed E-state index contributed by atoms with van der Waals surface area (Å²) in [7, 11) is 0. The summed E-state index contributed by atoms with van der Waals surface area (Å²) in [6.45, 7) is 1.17. The third-order valence-corrected chi connectivity index (χ3v) is 2.83. The van der Waals surface area contributed by atoms with Crippen LogP contribution in [0.4, 0.5) is 9.18 Å². The topological polar surface area (TPSA) is 50.4 Å². The molecule has 2 rings (SSSR count). The molecule has 0 bridgehead atoms. The summed E-state index contributed by atoms with van der Waals surface area (Å²) < 4.78 is 18.1. The molecule has 4 nitrogen and oxygen atoms in total. The quantitative estimate of drug-likeness (QED) is 0.895. The molecule has 1 amide bonds. The number of carbonyl (C=O) groups excluding carboxylic acids is 1. The number of carbonyl (C=O) groups is 1. The molecular weight excluding hydrogens is 271 g/mol. The van der Waals surface area contributed by atoms with E-state index in [1.54, 1.807) is 0 Å². The summed E-state index contributed by atoms with van der Waals surface area (Å²) in [5, 5.41) is 5.57. The van der Waals surface area contributed by atoms with Crippen LogP contribution in [0.5, 0.6) is 0 Å². The van der Waals surface area contributed by atoms with Crippen LogP contribution in [-0.4, -0.2) is 31.4 Å². The zero-order chi connectivity index (χ0) is 12.8. The van der Waals surface area contributed by atoms with E-state index in [-0.39, 0.29) is 25.1 Å². The third-order valence-electron chi connectivity index (χ3n) is 2.83. The number of benzene rings is 1. The molecule has 1 saturated heterocycles. The van der Waals surface area contributed by atoms with Gasteiger partial charge in [0.05, 0.1) is 0 Å². The number of nitrogens with one attached hydrogen (secondary N) is 2. The zero-order valence-corrected chi connectivity index (χ0v) is 11.3. The van der Waals surface area contributed by atoms with Crippen LogP contribution >= 0.6 is 12.4 Å². The van der Waals surface area contributed by atoms with Gasteiger partial charge in [0.15, 0.2) is 0 Å². The van der Waals surface area contributed by atoms with E-state index in [9.17, 15) is 9.18 Å². The molecule has 0 aromatic heterocycles. The van der Waals surface area contributed by atoms with Crippen LogP contribution in [0.2, 0.25) is 0 Å². The van der Waals surface area contributed by atoms with Gasteiger partial charge in [0.25, 0.3) is 0 Å². The van der Waals surface area contributed by atoms with Crippen molar-refractivity contribution in [1.82, 2.24) is 10.6 Å². The number of amides is 1. The molecule has 0 aliphatic carbocycles. The molecule has 1 fully saturated rings. The lowest BCUT2D eigenvalue weighted by atomic mass is 10.1. The van der Waals surface area contributed by atoms with Gasteiger partial charge in [0, 0.05) is 25.6 Å². The first kappa shape index (κ1) is 15.7. The molecule has 2 atom stereocenters. The average molecular weight is 289 g/mol. The van der Waals surface area contributed by atoms with Crippen LogP contribution in [0.15, 0.2) is 30.3 Å². The van der Waals surface area contributed by atoms with Gasteiger partial charge in [-0.1, -0.05) is 30.3 Å². The van der Waals surface area contributed by atoms with Crippen LogP contribution in [0, 0.1) is 0 Å². The summed E-state index contributed by atoms with van der Waals surface area (Å²) in [6, 6.07) is 9.24. The molecule has 19 heavy (non-hydrogen) atoms. The van der Waals surface area contributed by atoms with Gasteiger partial charge in [-0.05, 0) is 5.56 Å². The maximum atomic E-state index is 13.1. The Kier molecular flexibility index (Phi) is 6.59. The Bertz CT molecular complexity index is 391. The van der Waals surface area contributed by atoms with Gasteiger partial charge in [-0.25, -0.2) is 9.18 Å². The maximum Gasteiger partial charge on any atom is 0.407 e. The number of alkyl carbamates (subject to hydrolysis) is 1. The van der Waals surface area contributed by atoms with Crippen LogP contribution in [0.25, 0.3) is 0 Å². The molecule has 0 saturated carbocycles. The number of halogens is 2. The molecular formula is C13H18ClFN2O2. The predicted molar refractivity (Wildman–Crippen MR) is 73.2 cm³/mol. The lowest BCUT2D eigenvalue weighted by molar-refractivity contribution is 0.129. The summed E-state index contributed by atoms with van der Waals surface area (Å²) in [5.41, 5.74) is 0.929. The second kappa shape index (κ2) is 7.96. The van der Waals surface area contributed by atoms with E-state index in [2.05, 4.69) is 10.6 Å². The van der Waals surface area contributed by atoms with E-state index in [1.165, 1.54) is 0 Å². The van der Waals surface area contributed by atoms with Gasteiger partial charge >= 0.3 is 6.09 Å². The molecule has 106 valence electrons. The largest absolute Gasteiger partial charge is 0.445 e. The Morgan fingerprint density at radius 3 is 2.79 bits per heavy atom. The van der Waals surface area contributed by atoms with Crippen molar-refractivity contribution in [3.05, 3.63) is 35.9 Å². The standard InChI is InChI=1S/C13H17FN2O2.ClH/c14-11-6-12(8-15-7-11)16-13(17)18-9-10-4-2-1-3-5-10;/h1-5,11-12,15H,6-9H2,(H,16,17);1H/t11-,12+;/m0./s1. The average Bonchev–Trinajstić information content (AvgIpc) is 2.38. The molecule has 0 spiro atoms. The van der Waals surface area contributed by atoms with Crippen molar-refractivity contribution in [2.24, 2.45) is 0 Å². The van der Waals surface area contributed by atoms with E-state index in [0.29, 0.717) is 19.5 Å². The number of rotatable bonds is 3. The fraction of sp³-hybridized carbons (Fsp3) is 0.462. The highest BCUT2D eigenvalue weighted by Crippen LogP contribution is 2.07. The van der Waals surface area contributed by atoms with Gasteiger partial charge in [0.2, 0.25) is 0 Å². The first-order valence-corrected chi connectivity index (χ1v) is 6.06. The van der Waals surface area contributed by atoms with Crippen molar-refractivity contribution >= 4 is 18.5 Å². The Balaban J connectivity index is 0.00000180. The first-order chi connectivity index (χ1) is 8.74. The van der Waals surface area contributed by atoms with Crippen LogP contribution in [0.1, 0.15) is 12.0 Å². The summed E-state index contributed by atoms with van der Waals surface area (Å²) in [5.74, 6) is 0. The van der Waals surface area contributed by atoms with Gasteiger partial charge in [0.1, 0.15) is 12.8 Å². The van der Waals surface area contributed by atoms with Crippen molar-refractivity contribution in [2.75, 3.05) is 13.1 Å².